The lowest BCUT2D eigenvalue weighted by Crippen LogP contribution is -2.12. The zero-order valence-corrected chi connectivity index (χ0v) is 18.8. The van der Waals surface area contributed by atoms with Crippen LogP contribution in [-0.2, 0) is 4.74 Å². The summed E-state index contributed by atoms with van der Waals surface area (Å²) in [6.45, 7) is 0. The van der Waals surface area contributed by atoms with E-state index in [0.29, 0.717) is 15.8 Å². The van der Waals surface area contributed by atoms with Gasteiger partial charge in [0.2, 0.25) is 0 Å². The number of hydrogen-bond acceptors (Lipinski definition) is 4. The highest BCUT2D eigenvalue weighted by Crippen LogP contribution is 2.40. The first kappa shape index (κ1) is 21.7. The molecule has 3 aromatic rings. The van der Waals surface area contributed by atoms with Gasteiger partial charge in [-0.05, 0) is 54.7 Å². The zero-order valence-electron chi connectivity index (χ0n) is 17.2. The standard InChI is InChI=1S/C26H23ClO3S/c1-30-26(29)23-4-2-3-5-24(23)31-22-15-12-20(16-22)25(28)19-8-6-17(7-9-19)18-10-13-21(27)14-11-18/h2-11,13-14,20,22H,12,15-16H2,1H3/t20-,22-/m0/s1. The minimum atomic E-state index is -0.325. The fraction of sp³-hybridized carbons (Fsp3) is 0.231. The van der Waals surface area contributed by atoms with Gasteiger partial charge in [0, 0.05) is 26.6 Å². The number of ketones is 1. The van der Waals surface area contributed by atoms with Crippen LogP contribution in [0.25, 0.3) is 11.1 Å². The number of halogens is 1. The number of thioether (sulfide) groups is 1. The van der Waals surface area contributed by atoms with Crippen LogP contribution in [0.15, 0.2) is 77.7 Å². The highest BCUT2D eigenvalue weighted by molar-refractivity contribution is 8.00. The molecule has 0 saturated heterocycles. The van der Waals surface area contributed by atoms with E-state index in [9.17, 15) is 9.59 Å². The second kappa shape index (κ2) is 9.71. The van der Waals surface area contributed by atoms with Crippen LogP contribution in [0.3, 0.4) is 0 Å². The van der Waals surface area contributed by atoms with Crippen molar-refractivity contribution in [2.75, 3.05) is 7.11 Å². The lowest BCUT2D eigenvalue weighted by Gasteiger charge is -2.13. The van der Waals surface area contributed by atoms with E-state index in [-0.39, 0.29) is 17.7 Å². The number of ether oxygens (including phenoxy) is 1. The van der Waals surface area contributed by atoms with Crippen molar-refractivity contribution in [3.05, 3.63) is 88.9 Å². The molecule has 31 heavy (non-hydrogen) atoms. The maximum atomic E-state index is 13.1. The molecular weight excluding hydrogens is 428 g/mol. The topological polar surface area (TPSA) is 43.4 Å². The Labute approximate surface area is 191 Å². The monoisotopic (exact) mass is 450 g/mol. The second-order valence-electron chi connectivity index (χ2n) is 7.69. The molecule has 0 bridgehead atoms. The third kappa shape index (κ3) is 5.03. The van der Waals surface area contributed by atoms with E-state index in [1.54, 1.807) is 17.8 Å². The molecule has 3 aromatic carbocycles. The average Bonchev–Trinajstić information content (AvgIpc) is 3.27. The normalized spacial score (nSPS) is 18.0. The number of carbonyl (C=O) groups excluding carboxylic acids is 2. The zero-order chi connectivity index (χ0) is 21.8. The van der Waals surface area contributed by atoms with Crippen LogP contribution in [0.4, 0.5) is 0 Å². The molecule has 0 spiro atoms. The Morgan fingerprint density at radius 1 is 0.903 bits per heavy atom. The molecule has 158 valence electrons. The maximum absolute atomic E-state index is 13.1. The Morgan fingerprint density at radius 2 is 1.55 bits per heavy atom. The van der Waals surface area contributed by atoms with Gasteiger partial charge in [-0.1, -0.05) is 60.1 Å². The average molecular weight is 451 g/mol. The summed E-state index contributed by atoms with van der Waals surface area (Å²) in [5.41, 5.74) is 3.48. The van der Waals surface area contributed by atoms with Gasteiger partial charge in [-0.2, -0.15) is 0 Å². The van der Waals surface area contributed by atoms with Crippen molar-refractivity contribution in [2.45, 2.75) is 29.4 Å². The highest BCUT2D eigenvalue weighted by Gasteiger charge is 2.31. The minimum absolute atomic E-state index is 0.0178. The fourth-order valence-electron chi connectivity index (χ4n) is 4.02. The molecule has 1 aliphatic rings. The number of benzene rings is 3. The third-order valence-electron chi connectivity index (χ3n) is 5.69. The molecule has 3 nitrogen and oxygen atoms in total. The second-order valence-corrected chi connectivity index (χ2v) is 9.46. The van der Waals surface area contributed by atoms with Crippen molar-refractivity contribution < 1.29 is 14.3 Å². The lowest BCUT2D eigenvalue weighted by molar-refractivity contribution is 0.0596. The van der Waals surface area contributed by atoms with Gasteiger partial charge in [0.1, 0.15) is 0 Å². The van der Waals surface area contributed by atoms with Gasteiger partial charge >= 0.3 is 5.97 Å². The number of rotatable bonds is 6. The number of esters is 1. The van der Waals surface area contributed by atoms with Gasteiger partial charge in [-0.3, -0.25) is 4.79 Å². The summed E-state index contributed by atoms with van der Waals surface area (Å²) in [6, 6.07) is 23.0. The molecule has 4 rings (SSSR count). The Kier molecular flexibility index (Phi) is 6.79. The van der Waals surface area contributed by atoms with E-state index in [1.165, 1.54) is 7.11 Å². The third-order valence-corrected chi connectivity index (χ3v) is 7.31. The molecule has 0 aromatic heterocycles. The summed E-state index contributed by atoms with van der Waals surface area (Å²) in [5.74, 6) is -0.106. The van der Waals surface area contributed by atoms with Crippen LogP contribution in [0, 0.1) is 5.92 Å². The van der Waals surface area contributed by atoms with E-state index in [0.717, 1.165) is 40.8 Å². The molecule has 2 atom stereocenters. The minimum Gasteiger partial charge on any atom is -0.465 e. The van der Waals surface area contributed by atoms with E-state index >= 15 is 0 Å². The number of methoxy groups -OCH3 is 1. The quantitative estimate of drug-likeness (QED) is 0.301. The summed E-state index contributed by atoms with van der Waals surface area (Å²) in [4.78, 5) is 26.0. The van der Waals surface area contributed by atoms with E-state index in [1.807, 2.05) is 66.7 Å². The maximum Gasteiger partial charge on any atom is 0.338 e. The van der Waals surface area contributed by atoms with Crippen LogP contribution < -0.4 is 0 Å². The number of Topliss-reactive ketones (excluding diaryl/α,β-unsaturated/α-hetero) is 1. The van der Waals surface area contributed by atoms with E-state index in [2.05, 4.69) is 0 Å². The Morgan fingerprint density at radius 3 is 2.23 bits per heavy atom. The number of hydrogen-bond donors (Lipinski definition) is 0. The lowest BCUT2D eigenvalue weighted by atomic mass is 9.94. The van der Waals surface area contributed by atoms with Crippen molar-refractivity contribution >= 4 is 35.1 Å². The van der Waals surface area contributed by atoms with Gasteiger partial charge < -0.3 is 4.74 Å². The molecule has 1 aliphatic carbocycles. The predicted molar refractivity (Wildman–Crippen MR) is 126 cm³/mol. The van der Waals surface area contributed by atoms with Gasteiger partial charge in [0.25, 0.3) is 0 Å². The van der Waals surface area contributed by atoms with Crippen LogP contribution in [0.2, 0.25) is 5.02 Å². The van der Waals surface area contributed by atoms with Crippen LogP contribution in [0.5, 0.6) is 0 Å². The molecule has 0 heterocycles. The summed E-state index contributed by atoms with van der Waals surface area (Å²) in [7, 11) is 1.40. The molecular formula is C26H23ClO3S. The summed E-state index contributed by atoms with van der Waals surface area (Å²) in [5, 5.41) is 1.02. The first-order valence-corrected chi connectivity index (χ1v) is 11.5. The highest BCUT2D eigenvalue weighted by atomic mass is 35.5. The van der Waals surface area contributed by atoms with Gasteiger partial charge in [0.05, 0.1) is 12.7 Å². The predicted octanol–water partition coefficient (Wildman–Crippen LogP) is 6.94. The first-order chi connectivity index (χ1) is 15.0. The Bertz CT molecular complexity index is 1080. The van der Waals surface area contributed by atoms with Gasteiger partial charge in [-0.15, -0.1) is 11.8 Å². The number of carbonyl (C=O) groups is 2. The van der Waals surface area contributed by atoms with Crippen molar-refractivity contribution in [1.29, 1.82) is 0 Å². The molecule has 0 N–H and O–H groups in total. The van der Waals surface area contributed by atoms with E-state index in [4.69, 9.17) is 16.3 Å². The fourth-order valence-corrected chi connectivity index (χ4v) is 5.52. The molecule has 5 heteroatoms. The van der Waals surface area contributed by atoms with Crippen LogP contribution >= 0.6 is 23.4 Å². The molecule has 0 unspecified atom stereocenters. The molecule has 1 saturated carbocycles. The van der Waals surface area contributed by atoms with Gasteiger partial charge in [-0.25, -0.2) is 4.79 Å². The Balaban J connectivity index is 1.41. The largest absolute Gasteiger partial charge is 0.465 e. The summed E-state index contributed by atoms with van der Waals surface area (Å²) < 4.78 is 4.89. The SMILES string of the molecule is COC(=O)c1ccccc1S[C@H]1CC[C@H](C(=O)c2ccc(-c3ccc(Cl)cc3)cc2)C1. The summed E-state index contributed by atoms with van der Waals surface area (Å²) >= 11 is 7.64. The first-order valence-electron chi connectivity index (χ1n) is 10.3. The summed E-state index contributed by atoms with van der Waals surface area (Å²) in [6.07, 6.45) is 2.65. The van der Waals surface area contributed by atoms with Gasteiger partial charge in [0.15, 0.2) is 5.78 Å². The smallest absolute Gasteiger partial charge is 0.338 e. The van der Waals surface area contributed by atoms with Crippen molar-refractivity contribution in [3.63, 3.8) is 0 Å². The molecule has 0 aliphatic heterocycles. The van der Waals surface area contributed by atoms with Crippen molar-refractivity contribution in [2.24, 2.45) is 5.92 Å². The molecule has 1 fully saturated rings. The molecule has 0 amide bonds. The van der Waals surface area contributed by atoms with Crippen molar-refractivity contribution in [1.82, 2.24) is 0 Å². The van der Waals surface area contributed by atoms with Crippen LogP contribution in [0.1, 0.15) is 40.0 Å². The van der Waals surface area contributed by atoms with Crippen LogP contribution in [-0.4, -0.2) is 24.1 Å². The van der Waals surface area contributed by atoms with Crippen molar-refractivity contribution in [3.8, 4) is 11.1 Å². The van der Waals surface area contributed by atoms with E-state index < -0.39 is 0 Å². The molecule has 0 radical (unpaired) electrons. The Hall–Kier alpha value is -2.56.